The molecule has 0 radical (unpaired) electrons. The van der Waals surface area contributed by atoms with Crippen LogP contribution in [0.15, 0.2) is 0 Å². The SMILES string of the molecule is CCN1CCCCCC1CC(=O)O. The van der Waals surface area contributed by atoms with Crippen LogP contribution in [0.1, 0.15) is 39.0 Å². The Hall–Kier alpha value is -0.570. The number of aliphatic carboxylic acids is 1. The van der Waals surface area contributed by atoms with E-state index in [2.05, 4.69) is 11.8 Å². The second kappa shape index (κ2) is 5.22. The lowest BCUT2D eigenvalue weighted by molar-refractivity contribution is -0.138. The van der Waals surface area contributed by atoms with Gasteiger partial charge in [0.2, 0.25) is 0 Å². The molecule has 1 aliphatic rings. The molecule has 0 spiro atoms. The summed E-state index contributed by atoms with van der Waals surface area (Å²) in [6, 6.07) is 0.282. The van der Waals surface area contributed by atoms with Crippen LogP contribution in [-0.4, -0.2) is 35.1 Å². The first-order valence-electron chi connectivity index (χ1n) is 5.20. The van der Waals surface area contributed by atoms with Gasteiger partial charge < -0.3 is 10.0 Å². The van der Waals surface area contributed by atoms with Gasteiger partial charge in [-0.15, -0.1) is 0 Å². The zero-order valence-corrected chi connectivity index (χ0v) is 8.33. The van der Waals surface area contributed by atoms with Crippen molar-refractivity contribution in [3.05, 3.63) is 0 Å². The molecule has 3 nitrogen and oxygen atoms in total. The van der Waals surface area contributed by atoms with E-state index in [0.29, 0.717) is 6.42 Å². The molecule has 3 heteroatoms. The number of likely N-dealkylation sites (tertiary alicyclic amines) is 1. The van der Waals surface area contributed by atoms with Crippen LogP contribution in [0, 0.1) is 0 Å². The van der Waals surface area contributed by atoms with E-state index in [-0.39, 0.29) is 6.04 Å². The summed E-state index contributed by atoms with van der Waals surface area (Å²) in [5, 5.41) is 8.74. The van der Waals surface area contributed by atoms with E-state index in [4.69, 9.17) is 5.11 Å². The lowest BCUT2D eigenvalue weighted by atomic mass is 10.1. The van der Waals surface area contributed by atoms with Crippen LogP contribution in [0.5, 0.6) is 0 Å². The summed E-state index contributed by atoms with van der Waals surface area (Å²) in [6.07, 6.45) is 5.04. The third-order valence-electron chi connectivity index (χ3n) is 2.82. The number of carboxylic acids is 1. The molecule has 0 bridgehead atoms. The van der Waals surface area contributed by atoms with E-state index >= 15 is 0 Å². The third-order valence-corrected chi connectivity index (χ3v) is 2.82. The predicted molar refractivity (Wildman–Crippen MR) is 51.8 cm³/mol. The number of carboxylic acid groups (broad SMARTS) is 1. The molecular weight excluding hydrogens is 166 g/mol. The maximum Gasteiger partial charge on any atom is 0.304 e. The van der Waals surface area contributed by atoms with Crippen LogP contribution < -0.4 is 0 Å². The average molecular weight is 185 g/mol. The minimum atomic E-state index is -0.662. The molecule has 1 aliphatic heterocycles. The van der Waals surface area contributed by atoms with Crippen molar-refractivity contribution in [3.8, 4) is 0 Å². The van der Waals surface area contributed by atoms with Crippen molar-refractivity contribution >= 4 is 5.97 Å². The van der Waals surface area contributed by atoms with E-state index < -0.39 is 5.97 Å². The summed E-state index contributed by atoms with van der Waals surface area (Å²) in [5.41, 5.74) is 0. The minimum Gasteiger partial charge on any atom is -0.481 e. The topological polar surface area (TPSA) is 40.5 Å². The van der Waals surface area contributed by atoms with Gasteiger partial charge in [-0.05, 0) is 25.9 Å². The molecule has 0 aromatic rings. The molecule has 76 valence electrons. The van der Waals surface area contributed by atoms with E-state index in [1.54, 1.807) is 0 Å². The van der Waals surface area contributed by atoms with Crippen molar-refractivity contribution < 1.29 is 9.90 Å². The molecule has 1 fully saturated rings. The summed E-state index contributed by atoms with van der Waals surface area (Å²) in [4.78, 5) is 12.9. The van der Waals surface area contributed by atoms with Crippen LogP contribution in [0.3, 0.4) is 0 Å². The van der Waals surface area contributed by atoms with Gasteiger partial charge in [0.25, 0.3) is 0 Å². The minimum absolute atomic E-state index is 0.282. The molecule has 1 heterocycles. The molecule has 1 unspecified atom stereocenters. The largest absolute Gasteiger partial charge is 0.481 e. The molecule has 1 atom stereocenters. The molecule has 1 saturated heterocycles. The van der Waals surface area contributed by atoms with E-state index in [1.807, 2.05) is 0 Å². The molecule has 0 amide bonds. The van der Waals surface area contributed by atoms with Gasteiger partial charge in [-0.2, -0.15) is 0 Å². The number of rotatable bonds is 3. The fourth-order valence-electron chi connectivity index (χ4n) is 2.09. The lowest BCUT2D eigenvalue weighted by Gasteiger charge is -2.27. The van der Waals surface area contributed by atoms with Crippen LogP contribution in [0.4, 0.5) is 0 Å². The van der Waals surface area contributed by atoms with Crippen molar-refractivity contribution in [1.29, 1.82) is 0 Å². The van der Waals surface area contributed by atoms with Crippen LogP contribution in [-0.2, 0) is 4.79 Å². The van der Waals surface area contributed by atoms with Crippen molar-refractivity contribution in [2.75, 3.05) is 13.1 Å². The molecule has 0 aromatic carbocycles. The molecule has 1 rings (SSSR count). The van der Waals surface area contributed by atoms with Gasteiger partial charge in [0, 0.05) is 6.04 Å². The van der Waals surface area contributed by atoms with Crippen molar-refractivity contribution in [1.82, 2.24) is 4.90 Å². The summed E-state index contributed by atoms with van der Waals surface area (Å²) >= 11 is 0. The number of carbonyl (C=O) groups is 1. The van der Waals surface area contributed by atoms with Gasteiger partial charge in [0.05, 0.1) is 6.42 Å². The van der Waals surface area contributed by atoms with E-state index in [0.717, 1.165) is 19.5 Å². The Morgan fingerprint density at radius 3 is 2.85 bits per heavy atom. The number of nitrogens with zero attached hydrogens (tertiary/aromatic N) is 1. The molecular formula is C10H19NO2. The second-order valence-corrected chi connectivity index (χ2v) is 3.73. The standard InChI is InChI=1S/C10H19NO2/c1-2-11-7-5-3-4-6-9(11)8-10(12)13/h9H,2-8H2,1H3,(H,12,13). The molecule has 0 saturated carbocycles. The van der Waals surface area contributed by atoms with Crippen molar-refractivity contribution in [2.24, 2.45) is 0 Å². The molecule has 0 aliphatic carbocycles. The molecule has 1 N–H and O–H groups in total. The highest BCUT2D eigenvalue weighted by molar-refractivity contribution is 5.67. The Labute approximate surface area is 79.7 Å². The first-order valence-corrected chi connectivity index (χ1v) is 5.20. The zero-order chi connectivity index (χ0) is 9.68. The third kappa shape index (κ3) is 3.35. The summed E-state index contributed by atoms with van der Waals surface area (Å²) in [6.45, 7) is 4.17. The average Bonchev–Trinajstić information content (AvgIpc) is 2.28. The highest BCUT2D eigenvalue weighted by Crippen LogP contribution is 2.18. The van der Waals surface area contributed by atoms with Gasteiger partial charge in [-0.1, -0.05) is 19.8 Å². The highest BCUT2D eigenvalue weighted by atomic mass is 16.4. The van der Waals surface area contributed by atoms with Gasteiger partial charge in [-0.25, -0.2) is 0 Å². The van der Waals surface area contributed by atoms with Gasteiger partial charge >= 0.3 is 5.97 Å². The Bertz CT molecular complexity index is 170. The first kappa shape index (κ1) is 10.5. The smallest absolute Gasteiger partial charge is 0.304 e. The quantitative estimate of drug-likeness (QED) is 0.728. The maximum absolute atomic E-state index is 10.6. The predicted octanol–water partition coefficient (Wildman–Crippen LogP) is 1.73. The monoisotopic (exact) mass is 185 g/mol. The highest BCUT2D eigenvalue weighted by Gasteiger charge is 2.21. The Balaban J connectivity index is 2.48. The Morgan fingerprint density at radius 2 is 2.23 bits per heavy atom. The molecule has 13 heavy (non-hydrogen) atoms. The summed E-state index contributed by atoms with van der Waals surface area (Å²) < 4.78 is 0. The second-order valence-electron chi connectivity index (χ2n) is 3.73. The lowest BCUT2D eigenvalue weighted by Crippen LogP contribution is -2.36. The summed E-state index contributed by atoms with van der Waals surface area (Å²) in [7, 11) is 0. The normalized spacial score (nSPS) is 25.5. The number of hydrogen-bond donors (Lipinski definition) is 1. The van der Waals surface area contributed by atoms with Crippen LogP contribution in [0.25, 0.3) is 0 Å². The van der Waals surface area contributed by atoms with E-state index in [1.165, 1.54) is 19.3 Å². The van der Waals surface area contributed by atoms with Crippen molar-refractivity contribution in [2.45, 2.75) is 45.1 Å². The Kier molecular flexibility index (Phi) is 4.22. The molecule has 0 aromatic heterocycles. The first-order chi connectivity index (χ1) is 6.24. The van der Waals surface area contributed by atoms with Crippen LogP contribution in [0.2, 0.25) is 0 Å². The fraction of sp³-hybridized carbons (Fsp3) is 0.900. The number of hydrogen-bond acceptors (Lipinski definition) is 2. The van der Waals surface area contributed by atoms with Crippen LogP contribution >= 0.6 is 0 Å². The fourth-order valence-corrected chi connectivity index (χ4v) is 2.09. The van der Waals surface area contributed by atoms with Gasteiger partial charge in [0.15, 0.2) is 0 Å². The van der Waals surface area contributed by atoms with E-state index in [9.17, 15) is 4.79 Å². The Morgan fingerprint density at radius 1 is 1.46 bits per heavy atom. The van der Waals surface area contributed by atoms with Crippen molar-refractivity contribution in [3.63, 3.8) is 0 Å². The van der Waals surface area contributed by atoms with Gasteiger partial charge in [0.1, 0.15) is 0 Å². The maximum atomic E-state index is 10.6. The summed E-state index contributed by atoms with van der Waals surface area (Å²) in [5.74, 6) is -0.662. The van der Waals surface area contributed by atoms with Gasteiger partial charge in [-0.3, -0.25) is 4.79 Å². The zero-order valence-electron chi connectivity index (χ0n) is 8.33.